The first-order chi connectivity index (χ1) is 9.51. The van der Waals surface area contributed by atoms with E-state index < -0.39 is 0 Å². The summed E-state index contributed by atoms with van der Waals surface area (Å²) in [6, 6.07) is 10.8. The van der Waals surface area contributed by atoms with Crippen molar-refractivity contribution >= 4 is 22.6 Å². The molecular formula is C16H17NO3. The van der Waals surface area contributed by atoms with Gasteiger partial charge in [-0.3, -0.25) is 4.79 Å². The van der Waals surface area contributed by atoms with Crippen LogP contribution in [0.2, 0.25) is 0 Å². The van der Waals surface area contributed by atoms with Crippen LogP contribution in [0.1, 0.15) is 34.6 Å². The van der Waals surface area contributed by atoms with Crippen molar-refractivity contribution in [1.82, 2.24) is 5.32 Å². The minimum Gasteiger partial charge on any atom is -0.465 e. The lowest BCUT2D eigenvalue weighted by molar-refractivity contribution is 0.0600. The van der Waals surface area contributed by atoms with Gasteiger partial charge in [0.05, 0.1) is 12.7 Å². The molecule has 0 aliphatic carbocycles. The number of methoxy groups -OCH3 is 1. The molecule has 0 spiro atoms. The van der Waals surface area contributed by atoms with E-state index in [0.29, 0.717) is 11.1 Å². The molecule has 0 fully saturated rings. The van der Waals surface area contributed by atoms with Crippen molar-refractivity contribution in [2.24, 2.45) is 0 Å². The molecule has 104 valence electrons. The molecular weight excluding hydrogens is 254 g/mol. The standard InChI is InChI=1S/C16H17NO3/c1-10(2)17-15(18)12-6-4-11-5-7-13(16(19)20-3)9-14(11)8-12/h4-10H,1-3H3,(H,17,18). The van der Waals surface area contributed by atoms with Crippen molar-refractivity contribution in [3.05, 3.63) is 47.5 Å². The zero-order valence-electron chi connectivity index (χ0n) is 11.8. The first kappa shape index (κ1) is 14.1. The highest BCUT2D eigenvalue weighted by Gasteiger charge is 2.10. The number of ether oxygens (including phenoxy) is 1. The summed E-state index contributed by atoms with van der Waals surface area (Å²) in [6.07, 6.45) is 0. The van der Waals surface area contributed by atoms with E-state index in [4.69, 9.17) is 4.74 Å². The van der Waals surface area contributed by atoms with E-state index in [1.807, 2.05) is 26.0 Å². The molecule has 0 saturated carbocycles. The van der Waals surface area contributed by atoms with Gasteiger partial charge in [0, 0.05) is 11.6 Å². The maximum Gasteiger partial charge on any atom is 0.337 e. The highest BCUT2D eigenvalue weighted by Crippen LogP contribution is 2.18. The third-order valence-electron chi connectivity index (χ3n) is 2.94. The summed E-state index contributed by atoms with van der Waals surface area (Å²) in [7, 11) is 1.35. The van der Waals surface area contributed by atoms with Crippen LogP contribution < -0.4 is 5.32 Å². The van der Waals surface area contributed by atoms with E-state index in [1.165, 1.54) is 7.11 Å². The van der Waals surface area contributed by atoms with Crippen LogP contribution in [0, 0.1) is 0 Å². The number of esters is 1. The monoisotopic (exact) mass is 271 g/mol. The lowest BCUT2D eigenvalue weighted by atomic mass is 10.0. The smallest absolute Gasteiger partial charge is 0.337 e. The molecule has 4 heteroatoms. The van der Waals surface area contributed by atoms with E-state index in [9.17, 15) is 9.59 Å². The van der Waals surface area contributed by atoms with Gasteiger partial charge in [0.1, 0.15) is 0 Å². The lowest BCUT2D eigenvalue weighted by Crippen LogP contribution is -2.29. The summed E-state index contributed by atoms with van der Waals surface area (Å²) >= 11 is 0. The molecule has 2 rings (SSSR count). The zero-order valence-corrected chi connectivity index (χ0v) is 11.8. The maximum atomic E-state index is 12.0. The molecule has 0 aliphatic heterocycles. The van der Waals surface area contributed by atoms with E-state index in [0.717, 1.165) is 10.8 Å². The Kier molecular flexibility index (Phi) is 4.03. The minimum atomic E-state index is -0.385. The Morgan fingerprint density at radius 1 is 1.00 bits per heavy atom. The van der Waals surface area contributed by atoms with Gasteiger partial charge in [-0.25, -0.2) is 4.79 Å². The van der Waals surface area contributed by atoms with Crippen LogP contribution in [0.25, 0.3) is 10.8 Å². The van der Waals surface area contributed by atoms with Crippen LogP contribution in [-0.2, 0) is 4.74 Å². The maximum absolute atomic E-state index is 12.0. The second kappa shape index (κ2) is 5.74. The summed E-state index contributed by atoms with van der Waals surface area (Å²) in [5.74, 6) is -0.505. The number of hydrogen-bond donors (Lipinski definition) is 1. The first-order valence-corrected chi connectivity index (χ1v) is 6.44. The molecule has 0 heterocycles. The number of fused-ring (bicyclic) bond motifs is 1. The molecule has 0 atom stereocenters. The average Bonchev–Trinajstić information content (AvgIpc) is 2.44. The van der Waals surface area contributed by atoms with E-state index in [2.05, 4.69) is 5.32 Å². The fourth-order valence-electron chi connectivity index (χ4n) is 1.98. The van der Waals surface area contributed by atoms with Crippen molar-refractivity contribution in [3.8, 4) is 0 Å². The van der Waals surface area contributed by atoms with Crippen LogP contribution in [0.5, 0.6) is 0 Å². The van der Waals surface area contributed by atoms with Gasteiger partial charge in [0.25, 0.3) is 5.91 Å². The Morgan fingerprint density at radius 2 is 1.60 bits per heavy atom. The van der Waals surface area contributed by atoms with Crippen molar-refractivity contribution in [2.75, 3.05) is 7.11 Å². The predicted octanol–water partition coefficient (Wildman–Crippen LogP) is 2.76. The summed E-state index contributed by atoms with van der Waals surface area (Å²) in [5.41, 5.74) is 1.05. The average molecular weight is 271 g/mol. The number of amides is 1. The molecule has 0 aromatic heterocycles. The molecule has 0 radical (unpaired) electrons. The Bertz CT molecular complexity index is 662. The third kappa shape index (κ3) is 2.96. The highest BCUT2D eigenvalue weighted by molar-refractivity contribution is 6.00. The number of hydrogen-bond acceptors (Lipinski definition) is 3. The van der Waals surface area contributed by atoms with Crippen molar-refractivity contribution < 1.29 is 14.3 Å². The summed E-state index contributed by atoms with van der Waals surface area (Å²) in [5, 5.41) is 4.65. The normalized spacial score (nSPS) is 10.6. The van der Waals surface area contributed by atoms with Crippen molar-refractivity contribution in [2.45, 2.75) is 19.9 Å². The molecule has 1 N–H and O–H groups in total. The van der Waals surface area contributed by atoms with Crippen LogP contribution >= 0.6 is 0 Å². The molecule has 0 unspecified atom stereocenters. The fraction of sp³-hybridized carbons (Fsp3) is 0.250. The number of carbonyl (C=O) groups excluding carboxylic acids is 2. The van der Waals surface area contributed by atoms with Gasteiger partial charge in [-0.15, -0.1) is 0 Å². The molecule has 2 aromatic carbocycles. The van der Waals surface area contributed by atoms with Crippen molar-refractivity contribution in [1.29, 1.82) is 0 Å². The lowest BCUT2D eigenvalue weighted by Gasteiger charge is -2.09. The van der Waals surface area contributed by atoms with Crippen molar-refractivity contribution in [3.63, 3.8) is 0 Å². The Balaban J connectivity index is 2.41. The molecule has 4 nitrogen and oxygen atoms in total. The molecule has 0 aliphatic rings. The summed E-state index contributed by atoms with van der Waals surface area (Å²) in [6.45, 7) is 3.82. The van der Waals surface area contributed by atoms with Crippen LogP contribution in [0.15, 0.2) is 36.4 Å². The number of benzene rings is 2. The predicted molar refractivity (Wildman–Crippen MR) is 77.9 cm³/mol. The van der Waals surface area contributed by atoms with Gasteiger partial charge in [0.15, 0.2) is 0 Å². The van der Waals surface area contributed by atoms with E-state index in [-0.39, 0.29) is 17.9 Å². The van der Waals surface area contributed by atoms with Gasteiger partial charge >= 0.3 is 5.97 Å². The largest absolute Gasteiger partial charge is 0.465 e. The molecule has 0 bridgehead atoms. The summed E-state index contributed by atoms with van der Waals surface area (Å²) < 4.78 is 4.70. The van der Waals surface area contributed by atoms with Gasteiger partial charge in [-0.05, 0) is 48.9 Å². The van der Waals surface area contributed by atoms with Gasteiger partial charge in [-0.2, -0.15) is 0 Å². The van der Waals surface area contributed by atoms with Gasteiger partial charge in [-0.1, -0.05) is 12.1 Å². The van der Waals surface area contributed by atoms with Crippen LogP contribution in [0.3, 0.4) is 0 Å². The fourth-order valence-corrected chi connectivity index (χ4v) is 1.98. The van der Waals surface area contributed by atoms with E-state index in [1.54, 1.807) is 24.3 Å². The number of rotatable bonds is 3. The van der Waals surface area contributed by atoms with Crippen LogP contribution in [0.4, 0.5) is 0 Å². The quantitative estimate of drug-likeness (QED) is 0.873. The molecule has 1 amide bonds. The zero-order chi connectivity index (χ0) is 14.7. The topological polar surface area (TPSA) is 55.4 Å². The first-order valence-electron chi connectivity index (χ1n) is 6.44. The molecule has 2 aromatic rings. The summed E-state index contributed by atoms with van der Waals surface area (Å²) in [4.78, 5) is 23.5. The number of carbonyl (C=O) groups is 2. The highest BCUT2D eigenvalue weighted by atomic mass is 16.5. The molecule has 0 saturated heterocycles. The van der Waals surface area contributed by atoms with Gasteiger partial charge < -0.3 is 10.1 Å². The Morgan fingerprint density at radius 3 is 2.20 bits per heavy atom. The SMILES string of the molecule is COC(=O)c1ccc2ccc(C(=O)NC(C)C)cc2c1. The van der Waals surface area contributed by atoms with E-state index >= 15 is 0 Å². The van der Waals surface area contributed by atoms with Gasteiger partial charge in [0.2, 0.25) is 0 Å². The van der Waals surface area contributed by atoms with Crippen LogP contribution in [-0.4, -0.2) is 25.0 Å². The second-order valence-corrected chi connectivity index (χ2v) is 4.90. The molecule has 20 heavy (non-hydrogen) atoms. The minimum absolute atomic E-state index is 0.0830. The third-order valence-corrected chi connectivity index (χ3v) is 2.94. The Hall–Kier alpha value is -2.36. The second-order valence-electron chi connectivity index (χ2n) is 4.90. The Labute approximate surface area is 117 Å². The number of nitrogens with one attached hydrogen (secondary N) is 1.